The average molecular weight is 140 g/mol. The van der Waals surface area contributed by atoms with Crippen molar-refractivity contribution < 1.29 is 4.79 Å². The van der Waals surface area contributed by atoms with Gasteiger partial charge in [0.1, 0.15) is 0 Å². The molecule has 0 fully saturated rings. The van der Waals surface area contributed by atoms with Crippen molar-refractivity contribution in [3.63, 3.8) is 0 Å². The van der Waals surface area contributed by atoms with E-state index >= 15 is 0 Å². The predicted molar refractivity (Wildman–Crippen MR) is 43.8 cm³/mol. The molecule has 0 aromatic heterocycles. The third kappa shape index (κ3) is 2.34. The molecule has 0 radical (unpaired) electrons. The van der Waals surface area contributed by atoms with Crippen molar-refractivity contribution >= 4 is 5.78 Å². The Morgan fingerprint density at radius 2 is 1.70 bits per heavy atom. The summed E-state index contributed by atoms with van der Waals surface area (Å²) >= 11 is 0. The molecule has 1 atom stereocenters. The van der Waals surface area contributed by atoms with E-state index in [0.717, 1.165) is 0 Å². The molecule has 0 aliphatic rings. The summed E-state index contributed by atoms with van der Waals surface area (Å²) in [5, 5.41) is 0. The van der Waals surface area contributed by atoms with Crippen molar-refractivity contribution in [2.75, 3.05) is 0 Å². The maximum absolute atomic E-state index is 11.2. The highest BCUT2D eigenvalue weighted by atomic mass is 16.1. The van der Waals surface area contributed by atoms with Crippen molar-refractivity contribution in [2.24, 2.45) is 11.8 Å². The molecule has 0 heterocycles. The smallest absolute Gasteiger partial charge is 0.161 e. The van der Waals surface area contributed by atoms with E-state index in [1.54, 1.807) is 6.92 Å². The standard InChI is InChI=1S/C9H16O/c1-6(2)8(5)9(10)7(3)4/h6,8H,3H2,1-2,4-5H3. The molecule has 1 unspecified atom stereocenters. The Kier molecular flexibility index (Phi) is 3.34. The monoisotopic (exact) mass is 140 g/mol. The summed E-state index contributed by atoms with van der Waals surface area (Å²) < 4.78 is 0. The third-order valence-electron chi connectivity index (χ3n) is 1.83. The number of ketones is 1. The Morgan fingerprint density at radius 3 is 1.80 bits per heavy atom. The van der Waals surface area contributed by atoms with Gasteiger partial charge in [0, 0.05) is 5.92 Å². The van der Waals surface area contributed by atoms with E-state index in [1.165, 1.54) is 0 Å². The number of carbonyl (C=O) groups is 1. The van der Waals surface area contributed by atoms with Crippen molar-refractivity contribution in [1.29, 1.82) is 0 Å². The van der Waals surface area contributed by atoms with Gasteiger partial charge in [-0.2, -0.15) is 0 Å². The minimum atomic E-state index is 0.123. The number of rotatable bonds is 3. The maximum atomic E-state index is 11.2. The molecule has 1 nitrogen and oxygen atoms in total. The highest BCUT2D eigenvalue weighted by Crippen LogP contribution is 2.13. The first-order valence-electron chi connectivity index (χ1n) is 3.66. The molecule has 10 heavy (non-hydrogen) atoms. The predicted octanol–water partition coefficient (Wildman–Crippen LogP) is 2.42. The SMILES string of the molecule is C=C(C)C(=O)C(C)C(C)C. The molecule has 0 amide bonds. The number of Topliss-reactive ketones (excluding diaryl/α,β-unsaturated/α-hetero) is 1. The Balaban J connectivity index is 4.08. The lowest BCUT2D eigenvalue weighted by atomic mass is 9.91. The fourth-order valence-corrected chi connectivity index (χ4v) is 0.691. The van der Waals surface area contributed by atoms with Gasteiger partial charge in [0.15, 0.2) is 5.78 Å². The van der Waals surface area contributed by atoms with Crippen LogP contribution in [0, 0.1) is 11.8 Å². The topological polar surface area (TPSA) is 17.1 Å². The molecule has 0 aliphatic carbocycles. The number of hydrogen-bond donors (Lipinski definition) is 0. The summed E-state index contributed by atoms with van der Waals surface area (Å²) in [7, 11) is 0. The first kappa shape index (κ1) is 9.41. The summed E-state index contributed by atoms with van der Waals surface area (Å²) in [6, 6.07) is 0. The van der Waals surface area contributed by atoms with Crippen LogP contribution in [0.3, 0.4) is 0 Å². The van der Waals surface area contributed by atoms with Crippen molar-refractivity contribution in [3.05, 3.63) is 12.2 Å². The van der Waals surface area contributed by atoms with Gasteiger partial charge in [0.2, 0.25) is 0 Å². The van der Waals surface area contributed by atoms with Gasteiger partial charge in [-0.25, -0.2) is 0 Å². The third-order valence-corrected chi connectivity index (χ3v) is 1.83. The van der Waals surface area contributed by atoms with Crippen molar-refractivity contribution in [1.82, 2.24) is 0 Å². The Hall–Kier alpha value is -0.590. The lowest BCUT2D eigenvalue weighted by Crippen LogP contribution is -2.16. The normalized spacial score (nSPS) is 13.3. The fourth-order valence-electron chi connectivity index (χ4n) is 0.691. The minimum Gasteiger partial charge on any atom is -0.294 e. The van der Waals surface area contributed by atoms with Crippen LogP contribution in [0.4, 0.5) is 0 Å². The molecule has 0 aliphatic heterocycles. The molecular weight excluding hydrogens is 124 g/mol. The second-order valence-corrected chi connectivity index (χ2v) is 3.18. The molecule has 0 N–H and O–H groups in total. The van der Waals surface area contributed by atoms with E-state index in [0.29, 0.717) is 11.5 Å². The molecule has 0 aromatic rings. The van der Waals surface area contributed by atoms with Gasteiger partial charge in [0.25, 0.3) is 0 Å². The van der Waals surface area contributed by atoms with Crippen LogP contribution in [0.1, 0.15) is 27.7 Å². The van der Waals surface area contributed by atoms with Crippen molar-refractivity contribution in [2.45, 2.75) is 27.7 Å². The Morgan fingerprint density at radius 1 is 1.30 bits per heavy atom. The van der Waals surface area contributed by atoms with Crippen LogP contribution in [-0.2, 0) is 4.79 Å². The molecule has 0 spiro atoms. The van der Waals surface area contributed by atoms with Crippen LogP contribution in [0.2, 0.25) is 0 Å². The van der Waals surface area contributed by atoms with Gasteiger partial charge in [0.05, 0.1) is 0 Å². The zero-order valence-electron chi connectivity index (χ0n) is 7.27. The summed E-state index contributed by atoms with van der Waals surface area (Å²) in [6.45, 7) is 11.4. The minimum absolute atomic E-state index is 0.123. The average Bonchev–Trinajstić information content (AvgIpc) is 1.84. The molecular formula is C9H16O. The second-order valence-electron chi connectivity index (χ2n) is 3.18. The highest BCUT2D eigenvalue weighted by molar-refractivity contribution is 5.95. The fraction of sp³-hybridized carbons (Fsp3) is 0.667. The van der Waals surface area contributed by atoms with Crippen molar-refractivity contribution in [3.8, 4) is 0 Å². The number of allylic oxidation sites excluding steroid dienone is 1. The number of carbonyl (C=O) groups excluding carboxylic acids is 1. The lowest BCUT2D eigenvalue weighted by molar-refractivity contribution is -0.119. The maximum Gasteiger partial charge on any atom is 0.161 e. The first-order chi connectivity index (χ1) is 4.46. The van der Waals surface area contributed by atoms with E-state index < -0.39 is 0 Å². The van der Waals surface area contributed by atoms with E-state index in [-0.39, 0.29) is 11.7 Å². The molecule has 0 saturated carbocycles. The van der Waals surface area contributed by atoms with Gasteiger partial charge >= 0.3 is 0 Å². The van der Waals surface area contributed by atoms with Crippen LogP contribution in [0.15, 0.2) is 12.2 Å². The molecule has 0 aromatic carbocycles. The quantitative estimate of drug-likeness (QED) is 0.550. The molecule has 0 saturated heterocycles. The van der Waals surface area contributed by atoms with Crippen LogP contribution >= 0.6 is 0 Å². The van der Waals surface area contributed by atoms with Gasteiger partial charge in [-0.3, -0.25) is 4.79 Å². The summed E-state index contributed by atoms with van der Waals surface area (Å²) in [4.78, 5) is 11.2. The van der Waals surface area contributed by atoms with Crippen LogP contribution in [-0.4, -0.2) is 5.78 Å². The molecule has 0 rings (SSSR count). The lowest BCUT2D eigenvalue weighted by Gasteiger charge is -2.13. The summed E-state index contributed by atoms with van der Waals surface area (Å²) in [5.74, 6) is 0.733. The van der Waals surface area contributed by atoms with E-state index in [1.807, 2.05) is 20.8 Å². The number of hydrogen-bond acceptors (Lipinski definition) is 1. The van der Waals surface area contributed by atoms with Gasteiger partial charge in [-0.15, -0.1) is 0 Å². The van der Waals surface area contributed by atoms with Gasteiger partial charge in [-0.1, -0.05) is 27.4 Å². The van der Waals surface area contributed by atoms with Crippen LogP contribution in [0.5, 0.6) is 0 Å². The van der Waals surface area contributed by atoms with Crippen LogP contribution in [0.25, 0.3) is 0 Å². The first-order valence-corrected chi connectivity index (χ1v) is 3.66. The zero-order valence-corrected chi connectivity index (χ0v) is 7.27. The largest absolute Gasteiger partial charge is 0.294 e. The molecule has 58 valence electrons. The summed E-state index contributed by atoms with van der Waals surface area (Å²) in [5.41, 5.74) is 0.668. The highest BCUT2D eigenvalue weighted by Gasteiger charge is 2.16. The van der Waals surface area contributed by atoms with E-state index in [4.69, 9.17) is 0 Å². The Labute approximate surface area is 63.1 Å². The van der Waals surface area contributed by atoms with E-state index in [9.17, 15) is 4.79 Å². The zero-order chi connectivity index (χ0) is 8.31. The van der Waals surface area contributed by atoms with Gasteiger partial charge < -0.3 is 0 Å². The molecule has 1 heteroatoms. The summed E-state index contributed by atoms with van der Waals surface area (Å²) in [6.07, 6.45) is 0. The van der Waals surface area contributed by atoms with Gasteiger partial charge in [-0.05, 0) is 18.4 Å². The Bertz CT molecular complexity index is 145. The second kappa shape index (κ2) is 3.55. The van der Waals surface area contributed by atoms with E-state index in [2.05, 4.69) is 6.58 Å². The molecule has 0 bridgehead atoms. The van der Waals surface area contributed by atoms with Crippen LogP contribution < -0.4 is 0 Å².